The number of likely N-dealkylation sites (tertiary alicyclic amines) is 1. The van der Waals surface area contributed by atoms with E-state index < -0.39 is 0 Å². The topological polar surface area (TPSA) is 66.7 Å². The van der Waals surface area contributed by atoms with E-state index in [0.29, 0.717) is 11.6 Å². The van der Waals surface area contributed by atoms with Crippen LogP contribution in [-0.2, 0) is 6.54 Å². The van der Waals surface area contributed by atoms with E-state index in [1.54, 1.807) is 18.3 Å². The van der Waals surface area contributed by atoms with Crippen LogP contribution in [0, 0.1) is 5.92 Å². The number of carbonyl (C=O) groups is 1. The van der Waals surface area contributed by atoms with Crippen LogP contribution < -0.4 is 10.9 Å². The van der Waals surface area contributed by atoms with Crippen molar-refractivity contribution in [3.05, 3.63) is 82.4 Å². The van der Waals surface area contributed by atoms with Gasteiger partial charge in [0, 0.05) is 38.1 Å². The van der Waals surface area contributed by atoms with Crippen molar-refractivity contribution in [3.8, 4) is 0 Å². The van der Waals surface area contributed by atoms with Gasteiger partial charge < -0.3 is 5.32 Å². The summed E-state index contributed by atoms with van der Waals surface area (Å²) in [7, 11) is 0. The van der Waals surface area contributed by atoms with E-state index >= 15 is 0 Å². The quantitative estimate of drug-likeness (QED) is 0.770. The number of hydrogen-bond donors (Lipinski definition) is 1. The number of benzene rings is 1. The Balaban J connectivity index is 1.47. The normalized spacial score (nSPS) is 20.0. The predicted octanol–water partition coefficient (Wildman–Crippen LogP) is 1.94. The maximum atomic E-state index is 12.7. The second-order valence-corrected chi connectivity index (χ2v) is 7.14. The van der Waals surface area contributed by atoms with Crippen molar-refractivity contribution in [3.63, 3.8) is 0 Å². The van der Waals surface area contributed by atoms with Gasteiger partial charge in [-0.1, -0.05) is 43.3 Å². The number of fused-ring (bicyclic) bond motifs is 1. The number of hydrogen-bond acceptors (Lipinski definition) is 4. The summed E-state index contributed by atoms with van der Waals surface area (Å²) in [5.74, 6) is -0.0435. The Hall–Kier alpha value is -2.99. The Bertz CT molecular complexity index is 1020. The molecule has 0 spiro atoms. The highest BCUT2D eigenvalue weighted by atomic mass is 16.2. The molecule has 3 heterocycles. The number of nitrogens with one attached hydrogen (secondary N) is 1. The van der Waals surface area contributed by atoms with Crippen LogP contribution in [0.4, 0.5) is 0 Å². The summed E-state index contributed by atoms with van der Waals surface area (Å²) < 4.78 is 1.40. The fourth-order valence-corrected chi connectivity index (χ4v) is 3.65. The Labute approximate surface area is 157 Å². The van der Waals surface area contributed by atoms with Gasteiger partial charge in [-0.2, -0.15) is 0 Å². The number of pyridine rings is 1. The van der Waals surface area contributed by atoms with Crippen molar-refractivity contribution in [2.24, 2.45) is 5.92 Å². The van der Waals surface area contributed by atoms with Crippen molar-refractivity contribution in [2.45, 2.75) is 19.5 Å². The molecular weight excluding hydrogens is 340 g/mol. The van der Waals surface area contributed by atoms with Crippen molar-refractivity contribution in [2.75, 3.05) is 13.1 Å². The molecule has 1 N–H and O–H groups in total. The zero-order valence-electron chi connectivity index (χ0n) is 15.2. The summed E-state index contributed by atoms with van der Waals surface area (Å²) in [6.07, 6.45) is 3.00. The molecule has 1 amide bonds. The van der Waals surface area contributed by atoms with Crippen LogP contribution in [0.2, 0.25) is 0 Å². The Morgan fingerprint density at radius 3 is 2.74 bits per heavy atom. The number of aromatic nitrogens is 2. The van der Waals surface area contributed by atoms with Crippen LogP contribution in [0.5, 0.6) is 0 Å². The lowest BCUT2D eigenvalue weighted by Gasteiger charge is -2.17. The van der Waals surface area contributed by atoms with Crippen molar-refractivity contribution >= 4 is 11.6 Å². The Kier molecular flexibility index (Phi) is 4.73. The predicted molar refractivity (Wildman–Crippen MR) is 104 cm³/mol. The molecule has 0 bridgehead atoms. The number of carbonyl (C=O) groups excluding carboxylic acids is 1. The van der Waals surface area contributed by atoms with Gasteiger partial charge in [0.1, 0.15) is 11.2 Å². The number of amides is 1. The third-order valence-corrected chi connectivity index (χ3v) is 5.11. The van der Waals surface area contributed by atoms with Gasteiger partial charge in [-0.25, -0.2) is 4.98 Å². The van der Waals surface area contributed by atoms with Gasteiger partial charge in [0.05, 0.1) is 0 Å². The van der Waals surface area contributed by atoms with E-state index in [9.17, 15) is 9.59 Å². The number of nitrogens with zero attached hydrogens (tertiary/aromatic N) is 3. The highest BCUT2D eigenvalue weighted by Gasteiger charge is 2.31. The first kappa shape index (κ1) is 17.4. The zero-order chi connectivity index (χ0) is 18.8. The van der Waals surface area contributed by atoms with Crippen LogP contribution in [0.25, 0.3) is 5.65 Å². The largest absolute Gasteiger partial charge is 0.347 e. The molecule has 4 rings (SSSR count). The van der Waals surface area contributed by atoms with Crippen molar-refractivity contribution in [1.29, 1.82) is 0 Å². The molecule has 0 aliphatic carbocycles. The molecule has 0 saturated carbocycles. The van der Waals surface area contributed by atoms with Gasteiger partial charge in [-0.15, -0.1) is 0 Å². The first-order valence-electron chi connectivity index (χ1n) is 9.15. The molecule has 1 aromatic carbocycles. The highest BCUT2D eigenvalue weighted by molar-refractivity contribution is 5.94. The lowest BCUT2D eigenvalue weighted by Crippen LogP contribution is -2.42. The summed E-state index contributed by atoms with van der Waals surface area (Å²) in [6.45, 7) is 4.66. The monoisotopic (exact) mass is 362 g/mol. The Morgan fingerprint density at radius 2 is 1.93 bits per heavy atom. The lowest BCUT2D eigenvalue weighted by molar-refractivity contribution is 0.0929. The Morgan fingerprint density at radius 1 is 1.15 bits per heavy atom. The molecule has 138 valence electrons. The average Bonchev–Trinajstić information content (AvgIpc) is 3.01. The lowest BCUT2D eigenvalue weighted by atomic mass is 10.1. The highest BCUT2D eigenvalue weighted by Crippen LogP contribution is 2.19. The minimum absolute atomic E-state index is 0.0112. The van der Waals surface area contributed by atoms with Crippen LogP contribution in [-0.4, -0.2) is 39.3 Å². The summed E-state index contributed by atoms with van der Waals surface area (Å²) in [5, 5.41) is 3.03. The van der Waals surface area contributed by atoms with E-state index in [-0.39, 0.29) is 23.1 Å². The van der Waals surface area contributed by atoms with Crippen LogP contribution in [0.1, 0.15) is 22.8 Å². The molecule has 1 saturated heterocycles. The fraction of sp³-hybridized carbons (Fsp3) is 0.286. The molecular formula is C21H22N4O2. The van der Waals surface area contributed by atoms with Gasteiger partial charge in [0.2, 0.25) is 0 Å². The summed E-state index contributed by atoms with van der Waals surface area (Å²) in [4.78, 5) is 31.8. The molecule has 2 aromatic heterocycles. The third kappa shape index (κ3) is 3.61. The summed E-state index contributed by atoms with van der Waals surface area (Å²) in [6, 6.07) is 15.6. The van der Waals surface area contributed by atoms with Gasteiger partial charge in [-0.3, -0.25) is 18.9 Å². The number of rotatable bonds is 4. The van der Waals surface area contributed by atoms with Gasteiger partial charge in [-0.05, 0) is 23.6 Å². The zero-order valence-corrected chi connectivity index (χ0v) is 15.2. The van der Waals surface area contributed by atoms with E-state index in [1.807, 2.05) is 24.3 Å². The molecule has 0 unspecified atom stereocenters. The molecule has 27 heavy (non-hydrogen) atoms. The third-order valence-electron chi connectivity index (χ3n) is 5.11. The second-order valence-electron chi connectivity index (χ2n) is 7.14. The summed E-state index contributed by atoms with van der Waals surface area (Å²) >= 11 is 0. The molecule has 1 aliphatic heterocycles. The molecule has 6 heteroatoms. The first-order valence-corrected chi connectivity index (χ1v) is 9.15. The van der Waals surface area contributed by atoms with Crippen LogP contribution in [0.15, 0.2) is 65.7 Å². The SMILES string of the molecule is C[C@H]1CN(Cc2ccccc2)C[C@H]1NC(=O)c1cnc2ccccn2c1=O. The van der Waals surface area contributed by atoms with Crippen molar-refractivity contribution in [1.82, 2.24) is 19.6 Å². The van der Waals surface area contributed by atoms with Crippen LogP contribution >= 0.6 is 0 Å². The smallest absolute Gasteiger partial charge is 0.270 e. The van der Waals surface area contributed by atoms with Gasteiger partial charge >= 0.3 is 0 Å². The first-order chi connectivity index (χ1) is 13.1. The maximum Gasteiger partial charge on any atom is 0.270 e. The molecule has 0 radical (unpaired) electrons. The van der Waals surface area contributed by atoms with E-state index in [2.05, 4.69) is 34.3 Å². The van der Waals surface area contributed by atoms with Gasteiger partial charge in [0.25, 0.3) is 11.5 Å². The average molecular weight is 362 g/mol. The molecule has 6 nitrogen and oxygen atoms in total. The van der Waals surface area contributed by atoms with E-state index in [1.165, 1.54) is 16.2 Å². The van der Waals surface area contributed by atoms with Gasteiger partial charge in [0.15, 0.2) is 0 Å². The maximum absolute atomic E-state index is 12.7. The minimum Gasteiger partial charge on any atom is -0.347 e. The molecule has 3 aromatic rings. The molecule has 2 atom stereocenters. The minimum atomic E-state index is -0.357. The molecule has 1 fully saturated rings. The molecule has 1 aliphatic rings. The second kappa shape index (κ2) is 7.32. The van der Waals surface area contributed by atoms with Crippen LogP contribution in [0.3, 0.4) is 0 Å². The summed E-state index contributed by atoms with van der Waals surface area (Å²) in [5.41, 5.74) is 1.52. The van der Waals surface area contributed by atoms with E-state index in [4.69, 9.17) is 0 Å². The fourth-order valence-electron chi connectivity index (χ4n) is 3.65. The van der Waals surface area contributed by atoms with Crippen molar-refractivity contribution < 1.29 is 4.79 Å². The standard InChI is InChI=1S/C21H22N4O2/c1-15-12-24(13-16-7-3-2-4-8-16)14-18(15)23-20(26)17-11-22-19-9-5-6-10-25(19)21(17)27/h2-11,15,18H,12-14H2,1H3,(H,23,26)/t15-,18+/m0/s1. The van der Waals surface area contributed by atoms with E-state index in [0.717, 1.165) is 19.6 Å².